The third-order valence-corrected chi connectivity index (χ3v) is 8.21. The van der Waals surface area contributed by atoms with Crippen LogP contribution in [0.15, 0.2) is 54.6 Å². The maximum absolute atomic E-state index is 13.7. The van der Waals surface area contributed by atoms with Gasteiger partial charge in [0.2, 0.25) is 11.8 Å². The first-order valence-electron chi connectivity index (χ1n) is 13.9. The largest absolute Gasteiger partial charge is 0.464 e. The van der Waals surface area contributed by atoms with Crippen LogP contribution in [0.25, 0.3) is 0 Å². The highest BCUT2D eigenvalue weighted by Crippen LogP contribution is 2.32. The molecule has 0 radical (unpaired) electrons. The summed E-state index contributed by atoms with van der Waals surface area (Å²) in [6.45, 7) is 6.94. The molecule has 1 saturated carbocycles. The molecule has 1 aliphatic carbocycles. The minimum absolute atomic E-state index is 0.118. The van der Waals surface area contributed by atoms with Crippen LogP contribution in [0, 0.1) is 5.92 Å². The molecule has 3 rings (SSSR count). The fourth-order valence-corrected chi connectivity index (χ4v) is 5.56. The fourth-order valence-electron chi connectivity index (χ4n) is 4.77. The third kappa shape index (κ3) is 8.91. The summed E-state index contributed by atoms with van der Waals surface area (Å²) in [5.74, 6) is -1.68. The molecule has 220 valence electrons. The van der Waals surface area contributed by atoms with Gasteiger partial charge in [-0.3, -0.25) is 14.4 Å². The van der Waals surface area contributed by atoms with Crippen LogP contribution in [0.5, 0.6) is 5.75 Å². The van der Waals surface area contributed by atoms with Crippen LogP contribution in [-0.2, 0) is 30.3 Å². The minimum atomic E-state index is -1.18. The Balaban J connectivity index is 1.73. The van der Waals surface area contributed by atoms with Crippen molar-refractivity contribution < 1.29 is 33.4 Å². The highest BCUT2D eigenvalue weighted by molar-refractivity contribution is 8.14. The van der Waals surface area contributed by atoms with Crippen molar-refractivity contribution >= 4 is 40.6 Å². The highest BCUT2D eigenvalue weighted by Gasteiger charge is 2.45. The first kappa shape index (κ1) is 31.9. The number of hydrogen-bond donors (Lipinski definition) is 2. The lowest BCUT2D eigenvalue weighted by atomic mass is 9.94. The molecule has 2 amide bonds. The van der Waals surface area contributed by atoms with Crippen LogP contribution in [0.4, 0.5) is 0 Å². The second kappa shape index (κ2) is 14.8. The summed E-state index contributed by atoms with van der Waals surface area (Å²) in [5.41, 5.74) is -0.0405. The number of amides is 2. The Morgan fingerprint density at radius 2 is 1.59 bits per heavy atom. The molecule has 0 aromatic heterocycles. The Morgan fingerprint density at radius 1 is 0.951 bits per heavy atom. The first-order valence-corrected chi connectivity index (χ1v) is 14.8. The van der Waals surface area contributed by atoms with Crippen LogP contribution < -0.4 is 15.4 Å². The predicted octanol–water partition coefficient (Wildman–Crippen LogP) is 4.23. The predicted molar refractivity (Wildman–Crippen MR) is 156 cm³/mol. The summed E-state index contributed by atoms with van der Waals surface area (Å²) >= 11 is 0.952. The van der Waals surface area contributed by atoms with Crippen LogP contribution in [0.3, 0.4) is 0 Å². The van der Waals surface area contributed by atoms with Crippen molar-refractivity contribution in [3.05, 3.63) is 65.7 Å². The number of benzene rings is 2. The molecule has 10 heteroatoms. The number of thioether (sulfide) groups is 1. The van der Waals surface area contributed by atoms with Gasteiger partial charge in [-0.05, 0) is 55.5 Å². The second-order valence-corrected chi connectivity index (χ2v) is 11.8. The number of nitrogens with one attached hydrogen (secondary N) is 2. The summed E-state index contributed by atoms with van der Waals surface area (Å²) in [4.78, 5) is 63.8. The number of carbonyl (C=O) groups is 5. The first-order chi connectivity index (χ1) is 19.5. The smallest absolute Gasteiger partial charge is 0.343 e. The maximum atomic E-state index is 13.7. The van der Waals surface area contributed by atoms with Gasteiger partial charge in [0.15, 0.2) is 5.12 Å². The van der Waals surface area contributed by atoms with Crippen molar-refractivity contribution in [3.8, 4) is 5.75 Å². The van der Waals surface area contributed by atoms with E-state index >= 15 is 0 Å². The van der Waals surface area contributed by atoms with Crippen molar-refractivity contribution in [2.45, 2.75) is 76.6 Å². The van der Waals surface area contributed by atoms with Gasteiger partial charge in [0.05, 0.1) is 17.4 Å². The topological polar surface area (TPSA) is 128 Å². The van der Waals surface area contributed by atoms with E-state index in [0.717, 1.165) is 24.6 Å². The van der Waals surface area contributed by atoms with Gasteiger partial charge in [0.25, 0.3) is 0 Å². The SMILES string of the molecule is CCOC(=O)[C@H](Cc1ccc(OC(=O)c2ccccc2)cc1)NC(=O)C1(NC(=O)[C@H](SC(C)=O)C(C)C)CCCC1. The summed E-state index contributed by atoms with van der Waals surface area (Å²) in [6.07, 6.45) is 2.48. The van der Waals surface area contributed by atoms with Crippen molar-refractivity contribution in [1.29, 1.82) is 0 Å². The molecule has 1 aliphatic rings. The number of hydrogen-bond acceptors (Lipinski definition) is 8. The van der Waals surface area contributed by atoms with Gasteiger partial charge in [-0.15, -0.1) is 0 Å². The molecule has 0 unspecified atom stereocenters. The lowest BCUT2D eigenvalue weighted by molar-refractivity contribution is -0.148. The molecule has 0 spiro atoms. The summed E-state index contributed by atoms with van der Waals surface area (Å²) < 4.78 is 10.7. The molecule has 9 nitrogen and oxygen atoms in total. The maximum Gasteiger partial charge on any atom is 0.343 e. The quantitative estimate of drug-likeness (QED) is 0.281. The van der Waals surface area contributed by atoms with Crippen molar-refractivity contribution in [3.63, 3.8) is 0 Å². The van der Waals surface area contributed by atoms with Gasteiger partial charge in [-0.1, -0.05) is 68.8 Å². The average Bonchev–Trinajstić information content (AvgIpc) is 3.42. The van der Waals surface area contributed by atoms with Crippen LogP contribution in [0.1, 0.15) is 69.3 Å². The van der Waals surface area contributed by atoms with E-state index in [4.69, 9.17) is 9.47 Å². The average molecular weight is 583 g/mol. The van der Waals surface area contributed by atoms with Crippen LogP contribution >= 0.6 is 11.8 Å². The second-order valence-electron chi connectivity index (χ2n) is 10.4. The van der Waals surface area contributed by atoms with Gasteiger partial charge >= 0.3 is 11.9 Å². The fraction of sp³-hybridized carbons (Fsp3) is 0.452. The number of carbonyl (C=O) groups excluding carboxylic acids is 5. The molecular formula is C31H38N2O7S. The van der Waals surface area contributed by atoms with E-state index in [1.54, 1.807) is 55.5 Å². The zero-order valence-electron chi connectivity index (χ0n) is 23.9. The Morgan fingerprint density at radius 3 is 2.15 bits per heavy atom. The molecule has 41 heavy (non-hydrogen) atoms. The molecule has 0 bridgehead atoms. The molecule has 0 heterocycles. The molecule has 2 atom stereocenters. The van der Waals surface area contributed by atoms with Crippen LogP contribution in [0.2, 0.25) is 0 Å². The van der Waals surface area contributed by atoms with Gasteiger partial charge in [0.1, 0.15) is 17.3 Å². The Bertz CT molecular complexity index is 1220. The zero-order chi connectivity index (χ0) is 30.0. The lowest BCUT2D eigenvalue weighted by Crippen LogP contribution is -2.61. The molecule has 0 aliphatic heterocycles. The van der Waals surface area contributed by atoms with E-state index < -0.39 is 34.7 Å². The van der Waals surface area contributed by atoms with E-state index in [0.29, 0.717) is 29.7 Å². The highest BCUT2D eigenvalue weighted by atomic mass is 32.2. The van der Waals surface area contributed by atoms with Crippen molar-refractivity contribution in [2.75, 3.05) is 6.61 Å². The summed E-state index contributed by atoms with van der Waals surface area (Å²) in [7, 11) is 0. The number of esters is 2. The zero-order valence-corrected chi connectivity index (χ0v) is 24.8. The molecule has 0 saturated heterocycles. The summed E-state index contributed by atoms with van der Waals surface area (Å²) in [6, 6.07) is 14.3. The van der Waals surface area contributed by atoms with Gasteiger partial charge in [-0.25, -0.2) is 9.59 Å². The number of rotatable bonds is 12. The van der Waals surface area contributed by atoms with E-state index in [9.17, 15) is 24.0 Å². The monoisotopic (exact) mass is 582 g/mol. The molecule has 2 aromatic rings. The third-order valence-electron chi connectivity index (χ3n) is 6.87. The Kier molecular flexibility index (Phi) is 11.5. The normalized spacial score (nSPS) is 15.4. The van der Waals surface area contributed by atoms with Gasteiger partial charge in [0, 0.05) is 13.3 Å². The van der Waals surface area contributed by atoms with Gasteiger partial charge in [-0.2, -0.15) is 0 Å². The van der Waals surface area contributed by atoms with Crippen molar-refractivity contribution in [2.24, 2.45) is 5.92 Å². The Hall–Kier alpha value is -3.66. The Labute approximate surface area is 245 Å². The van der Waals surface area contributed by atoms with Crippen LogP contribution in [-0.4, -0.2) is 52.3 Å². The van der Waals surface area contributed by atoms with E-state index in [2.05, 4.69) is 10.6 Å². The molecular weight excluding hydrogens is 544 g/mol. The minimum Gasteiger partial charge on any atom is -0.464 e. The number of ether oxygens (including phenoxy) is 2. The van der Waals surface area contributed by atoms with Crippen molar-refractivity contribution in [1.82, 2.24) is 10.6 Å². The van der Waals surface area contributed by atoms with E-state index in [-0.39, 0.29) is 30.0 Å². The molecule has 2 aromatic carbocycles. The lowest BCUT2D eigenvalue weighted by Gasteiger charge is -2.33. The molecule has 2 N–H and O–H groups in total. The van der Waals surface area contributed by atoms with Gasteiger partial charge < -0.3 is 20.1 Å². The molecule has 1 fully saturated rings. The summed E-state index contributed by atoms with van der Waals surface area (Å²) in [5, 5.41) is 4.96. The standard InChI is InChI=1S/C31H38N2O7S/c1-5-39-29(37)25(19-22-13-15-24(16-14-22)40-28(36)23-11-7-6-8-12-23)32-30(38)31(17-9-10-18-31)33-27(35)26(20(2)3)41-21(4)34/h6-8,11-16,20,25-26H,5,9-10,17-19H2,1-4H3,(H,32,38)(H,33,35)/t25-,26+/m0/s1. The van der Waals surface area contributed by atoms with E-state index in [1.807, 2.05) is 19.9 Å². The van der Waals surface area contributed by atoms with E-state index in [1.165, 1.54) is 6.92 Å².